The fourth-order valence-corrected chi connectivity index (χ4v) is 3.94. The summed E-state index contributed by atoms with van der Waals surface area (Å²) < 4.78 is 6.78. The molecule has 0 unspecified atom stereocenters. The van der Waals surface area contributed by atoms with Crippen molar-refractivity contribution in [2.75, 3.05) is 12.4 Å². The van der Waals surface area contributed by atoms with Crippen LogP contribution in [0.15, 0.2) is 58.8 Å². The molecule has 0 aliphatic rings. The van der Waals surface area contributed by atoms with Crippen molar-refractivity contribution in [3.63, 3.8) is 0 Å². The van der Waals surface area contributed by atoms with Crippen molar-refractivity contribution in [1.29, 1.82) is 0 Å². The van der Waals surface area contributed by atoms with Gasteiger partial charge in [-0.25, -0.2) is 4.98 Å². The van der Waals surface area contributed by atoms with Crippen molar-refractivity contribution in [1.82, 2.24) is 9.38 Å². The lowest BCUT2D eigenvalue weighted by molar-refractivity contribution is 0.102. The van der Waals surface area contributed by atoms with Crippen LogP contribution in [0.3, 0.4) is 0 Å². The zero-order valence-electron chi connectivity index (χ0n) is 16.2. The first-order valence-electron chi connectivity index (χ1n) is 9.00. The number of aromatic nitrogens is 2. The number of carbonyl (C=O) groups excluding carboxylic acids is 1. The Kier molecular flexibility index (Phi) is 4.90. The molecule has 0 saturated heterocycles. The smallest absolute Gasteiger partial charge is 0.271 e. The highest BCUT2D eigenvalue weighted by atomic mass is 32.1. The summed E-state index contributed by atoms with van der Waals surface area (Å²) in [6, 6.07) is 13.3. The van der Waals surface area contributed by atoms with Gasteiger partial charge in [-0.2, -0.15) is 0 Å². The highest BCUT2D eigenvalue weighted by Gasteiger charge is 2.18. The number of rotatable bonds is 4. The topological polar surface area (TPSA) is 72.7 Å². The number of benzene rings is 2. The molecule has 2 aromatic carbocycles. The number of methoxy groups -OCH3 is 1. The van der Waals surface area contributed by atoms with Gasteiger partial charge in [0.25, 0.3) is 11.5 Å². The van der Waals surface area contributed by atoms with Crippen LogP contribution in [0, 0.1) is 13.8 Å². The second-order valence-corrected chi connectivity index (χ2v) is 7.58. The maximum atomic E-state index is 13.1. The van der Waals surface area contributed by atoms with Crippen LogP contribution in [0.4, 0.5) is 5.69 Å². The third-order valence-electron chi connectivity index (χ3n) is 4.64. The van der Waals surface area contributed by atoms with Gasteiger partial charge in [-0.3, -0.25) is 14.0 Å². The summed E-state index contributed by atoms with van der Waals surface area (Å²) >= 11 is 1.36. The van der Waals surface area contributed by atoms with Crippen molar-refractivity contribution >= 4 is 27.9 Å². The van der Waals surface area contributed by atoms with Crippen molar-refractivity contribution < 1.29 is 9.53 Å². The van der Waals surface area contributed by atoms with Crippen LogP contribution in [0.1, 0.15) is 21.5 Å². The Morgan fingerprint density at radius 3 is 2.55 bits per heavy atom. The van der Waals surface area contributed by atoms with Crippen LogP contribution in [0.5, 0.6) is 5.75 Å². The van der Waals surface area contributed by atoms with Gasteiger partial charge in [0.2, 0.25) is 0 Å². The number of hydrogen-bond acceptors (Lipinski definition) is 5. The van der Waals surface area contributed by atoms with E-state index in [-0.39, 0.29) is 5.56 Å². The van der Waals surface area contributed by atoms with E-state index in [2.05, 4.69) is 10.3 Å². The molecule has 0 saturated carbocycles. The maximum Gasteiger partial charge on any atom is 0.271 e. The summed E-state index contributed by atoms with van der Waals surface area (Å²) in [5.41, 5.74) is 3.77. The molecule has 29 heavy (non-hydrogen) atoms. The quantitative estimate of drug-likeness (QED) is 0.549. The number of thiazole rings is 1. The van der Waals surface area contributed by atoms with E-state index < -0.39 is 11.5 Å². The standard InChI is InChI=1S/C22H19N3O3S/c1-13-4-7-15(8-5-13)18-12-29-22-23-11-16(21(27)25(18)22)20(26)24-17-10-14(2)6-9-19(17)28-3/h4-12H,1-3H3,(H,24,26). The Labute approximate surface area is 171 Å². The average molecular weight is 405 g/mol. The zero-order valence-corrected chi connectivity index (χ0v) is 17.0. The summed E-state index contributed by atoms with van der Waals surface area (Å²) in [4.78, 5) is 30.9. The van der Waals surface area contributed by atoms with Crippen LogP contribution < -0.4 is 15.6 Å². The van der Waals surface area contributed by atoms with Crippen molar-refractivity contribution in [2.24, 2.45) is 0 Å². The fraction of sp³-hybridized carbons (Fsp3) is 0.136. The Balaban J connectivity index is 1.77. The minimum absolute atomic E-state index is 0.0298. The van der Waals surface area contributed by atoms with Crippen molar-refractivity contribution in [3.8, 4) is 17.0 Å². The van der Waals surface area contributed by atoms with E-state index >= 15 is 0 Å². The third kappa shape index (κ3) is 3.52. The predicted molar refractivity (Wildman–Crippen MR) is 115 cm³/mol. The molecule has 0 aliphatic carbocycles. The maximum absolute atomic E-state index is 13.1. The zero-order chi connectivity index (χ0) is 20.5. The van der Waals surface area contributed by atoms with Gasteiger partial charge in [0, 0.05) is 11.6 Å². The molecule has 6 nitrogen and oxygen atoms in total. The van der Waals surface area contributed by atoms with Gasteiger partial charge < -0.3 is 10.1 Å². The van der Waals surface area contributed by atoms with E-state index in [0.717, 1.165) is 16.7 Å². The summed E-state index contributed by atoms with van der Waals surface area (Å²) in [7, 11) is 1.53. The number of hydrogen-bond donors (Lipinski definition) is 1. The van der Waals surface area contributed by atoms with E-state index in [9.17, 15) is 9.59 Å². The lowest BCUT2D eigenvalue weighted by Crippen LogP contribution is -2.26. The minimum atomic E-state index is -0.526. The molecule has 0 fully saturated rings. The molecule has 7 heteroatoms. The van der Waals surface area contributed by atoms with Crippen LogP contribution >= 0.6 is 11.3 Å². The highest BCUT2D eigenvalue weighted by Crippen LogP contribution is 2.26. The number of nitrogens with zero attached hydrogens (tertiary/aromatic N) is 2. The minimum Gasteiger partial charge on any atom is -0.495 e. The number of fused-ring (bicyclic) bond motifs is 1. The van der Waals surface area contributed by atoms with E-state index in [0.29, 0.717) is 22.1 Å². The van der Waals surface area contributed by atoms with Crippen LogP contribution in [0.25, 0.3) is 16.2 Å². The molecule has 4 rings (SSSR count). The molecule has 2 aromatic heterocycles. The lowest BCUT2D eigenvalue weighted by Gasteiger charge is -2.11. The second kappa shape index (κ2) is 7.52. The van der Waals surface area contributed by atoms with Crippen molar-refractivity contribution in [3.05, 3.63) is 81.1 Å². The Morgan fingerprint density at radius 2 is 1.83 bits per heavy atom. The molecule has 146 valence electrons. The third-order valence-corrected chi connectivity index (χ3v) is 5.48. The molecular weight excluding hydrogens is 386 g/mol. The van der Waals surface area contributed by atoms with Crippen LogP contribution in [-0.4, -0.2) is 22.4 Å². The Morgan fingerprint density at radius 1 is 1.10 bits per heavy atom. The molecule has 0 radical (unpaired) electrons. The first-order chi connectivity index (χ1) is 14.0. The summed E-state index contributed by atoms with van der Waals surface area (Å²) in [6.45, 7) is 3.92. The van der Waals surface area contributed by atoms with E-state index in [1.165, 1.54) is 29.0 Å². The van der Waals surface area contributed by atoms with Crippen molar-refractivity contribution in [2.45, 2.75) is 13.8 Å². The molecule has 2 heterocycles. The van der Waals surface area contributed by atoms with E-state index in [1.54, 1.807) is 12.1 Å². The first kappa shape index (κ1) is 18.9. The van der Waals surface area contributed by atoms with Crippen LogP contribution in [-0.2, 0) is 0 Å². The van der Waals surface area contributed by atoms with Gasteiger partial charge in [-0.05, 0) is 37.1 Å². The summed E-state index contributed by atoms with van der Waals surface area (Å²) in [5.74, 6) is -0.00387. The van der Waals surface area contributed by atoms with Gasteiger partial charge in [0.15, 0.2) is 4.96 Å². The number of anilines is 1. The molecular formula is C22H19N3O3S. The SMILES string of the molecule is COc1ccc(C)cc1NC(=O)c1cnc2scc(-c3ccc(C)cc3)n2c1=O. The largest absolute Gasteiger partial charge is 0.495 e. The molecule has 4 aromatic rings. The molecule has 0 atom stereocenters. The Hall–Kier alpha value is -3.45. The van der Waals surface area contributed by atoms with Gasteiger partial charge >= 0.3 is 0 Å². The van der Waals surface area contributed by atoms with Gasteiger partial charge in [-0.1, -0.05) is 35.9 Å². The predicted octanol–water partition coefficient (Wildman–Crippen LogP) is 4.30. The van der Waals surface area contributed by atoms with Gasteiger partial charge in [0.05, 0.1) is 18.5 Å². The molecule has 1 amide bonds. The number of carbonyl (C=O) groups is 1. The normalized spacial score (nSPS) is 10.9. The number of amides is 1. The number of nitrogens with one attached hydrogen (secondary N) is 1. The van der Waals surface area contributed by atoms with Gasteiger partial charge in [-0.15, -0.1) is 11.3 Å². The molecule has 0 aliphatic heterocycles. The molecule has 0 spiro atoms. The second-order valence-electron chi connectivity index (χ2n) is 6.74. The first-order valence-corrected chi connectivity index (χ1v) is 9.88. The van der Waals surface area contributed by atoms with Crippen LogP contribution in [0.2, 0.25) is 0 Å². The number of aryl methyl sites for hydroxylation is 2. The number of ether oxygens (including phenoxy) is 1. The summed E-state index contributed by atoms with van der Waals surface area (Å²) in [6.07, 6.45) is 1.32. The average Bonchev–Trinajstić information content (AvgIpc) is 3.14. The monoisotopic (exact) mass is 405 g/mol. The van der Waals surface area contributed by atoms with Gasteiger partial charge in [0.1, 0.15) is 11.3 Å². The fourth-order valence-electron chi connectivity index (χ4n) is 3.08. The molecule has 0 bridgehead atoms. The summed E-state index contributed by atoms with van der Waals surface area (Å²) in [5, 5.41) is 4.64. The lowest BCUT2D eigenvalue weighted by atomic mass is 10.1. The Bertz CT molecular complexity index is 1270. The molecule has 1 N–H and O–H groups in total. The van der Waals surface area contributed by atoms with E-state index in [4.69, 9.17) is 4.74 Å². The highest BCUT2D eigenvalue weighted by molar-refractivity contribution is 7.15. The van der Waals surface area contributed by atoms with E-state index in [1.807, 2.05) is 49.6 Å².